The van der Waals surface area contributed by atoms with Gasteiger partial charge in [-0.1, -0.05) is 58.0 Å². The molecule has 1 rings (SSSR count). The van der Waals surface area contributed by atoms with E-state index in [0.29, 0.717) is 19.3 Å². The van der Waals surface area contributed by atoms with Crippen LogP contribution < -0.4 is 0 Å². The second-order valence-corrected chi connectivity index (χ2v) is 5.69. The van der Waals surface area contributed by atoms with Crippen molar-refractivity contribution >= 4 is 11.6 Å². The van der Waals surface area contributed by atoms with Gasteiger partial charge in [0.15, 0.2) is 0 Å². The first-order valence-electron chi connectivity index (χ1n) is 7.03. The number of hydrogen-bond donors (Lipinski definition) is 0. The summed E-state index contributed by atoms with van der Waals surface area (Å²) < 4.78 is 0. The van der Waals surface area contributed by atoms with Crippen LogP contribution in [0.5, 0.6) is 0 Å². The fourth-order valence-corrected chi connectivity index (χ4v) is 2.47. The molecule has 2 nitrogen and oxygen atoms in total. The predicted octanol–water partition coefficient (Wildman–Crippen LogP) is 3.83. The number of ketones is 2. The maximum Gasteiger partial charge on any atom is 0.149 e. The van der Waals surface area contributed by atoms with Gasteiger partial charge in [-0.2, -0.15) is 0 Å². The van der Waals surface area contributed by atoms with Gasteiger partial charge in [0, 0.05) is 11.8 Å². The van der Waals surface area contributed by atoms with E-state index in [4.69, 9.17) is 0 Å². The van der Waals surface area contributed by atoms with Crippen molar-refractivity contribution in [1.29, 1.82) is 0 Å². The first-order chi connectivity index (χ1) is 8.92. The maximum atomic E-state index is 12.6. The molecule has 1 aromatic carbocycles. The molecule has 104 valence electrons. The Morgan fingerprint density at radius 1 is 1.11 bits per heavy atom. The van der Waals surface area contributed by atoms with Gasteiger partial charge in [-0.05, 0) is 18.4 Å². The monoisotopic (exact) mass is 260 g/mol. The summed E-state index contributed by atoms with van der Waals surface area (Å²) >= 11 is 0. The lowest BCUT2D eigenvalue weighted by Crippen LogP contribution is -2.36. The summed E-state index contributed by atoms with van der Waals surface area (Å²) in [6.45, 7) is 7.61. The molecule has 0 amide bonds. The van der Waals surface area contributed by atoms with Crippen molar-refractivity contribution in [1.82, 2.24) is 0 Å². The molecule has 0 spiro atoms. The van der Waals surface area contributed by atoms with Gasteiger partial charge < -0.3 is 0 Å². The molecule has 0 N–H and O–H groups in total. The Hall–Kier alpha value is -1.44. The molecule has 19 heavy (non-hydrogen) atoms. The lowest BCUT2D eigenvalue weighted by atomic mass is 9.74. The van der Waals surface area contributed by atoms with Gasteiger partial charge in [0.2, 0.25) is 0 Å². The first-order valence-corrected chi connectivity index (χ1v) is 7.03. The number of hydrogen-bond acceptors (Lipinski definition) is 2. The smallest absolute Gasteiger partial charge is 0.149 e. The number of Topliss-reactive ketones (excluding diaryl/α,β-unsaturated/α-hetero) is 2. The Balaban J connectivity index is 2.86. The molecule has 1 atom stereocenters. The van der Waals surface area contributed by atoms with E-state index in [1.165, 1.54) is 0 Å². The van der Waals surface area contributed by atoms with Gasteiger partial charge >= 0.3 is 0 Å². The average molecular weight is 260 g/mol. The summed E-state index contributed by atoms with van der Waals surface area (Å²) in [6, 6.07) is 9.97. The second kappa shape index (κ2) is 6.65. The molecule has 2 heteroatoms. The molecule has 0 radical (unpaired) electrons. The Morgan fingerprint density at radius 2 is 1.68 bits per heavy atom. The molecule has 0 aliphatic rings. The van der Waals surface area contributed by atoms with Crippen LogP contribution >= 0.6 is 0 Å². The zero-order valence-electron chi connectivity index (χ0n) is 12.4. The highest BCUT2D eigenvalue weighted by molar-refractivity contribution is 6.04. The molecule has 0 saturated heterocycles. The van der Waals surface area contributed by atoms with Crippen LogP contribution in [0.2, 0.25) is 0 Å². The van der Waals surface area contributed by atoms with Gasteiger partial charge in [0.25, 0.3) is 0 Å². The third kappa shape index (κ3) is 4.02. The summed E-state index contributed by atoms with van der Waals surface area (Å²) in [6.07, 6.45) is 1.72. The molecule has 0 heterocycles. The largest absolute Gasteiger partial charge is 0.299 e. The fourth-order valence-electron chi connectivity index (χ4n) is 2.47. The second-order valence-electron chi connectivity index (χ2n) is 5.69. The van der Waals surface area contributed by atoms with Gasteiger partial charge in [-0.15, -0.1) is 0 Å². The van der Waals surface area contributed by atoms with E-state index < -0.39 is 11.3 Å². The van der Waals surface area contributed by atoms with Gasteiger partial charge in [0.05, 0.1) is 5.92 Å². The third-order valence-corrected chi connectivity index (χ3v) is 3.62. The van der Waals surface area contributed by atoms with Crippen LogP contribution in [0, 0.1) is 11.3 Å². The minimum Gasteiger partial charge on any atom is -0.299 e. The van der Waals surface area contributed by atoms with Crippen molar-refractivity contribution in [3.63, 3.8) is 0 Å². The van der Waals surface area contributed by atoms with Crippen molar-refractivity contribution in [2.45, 2.75) is 47.0 Å². The molecule has 0 bridgehead atoms. The molecule has 0 aliphatic carbocycles. The van der Waals surface area contributed by atoms with Crippen LogP contribution in [0.3, 0.4) is 0 Å². The van der Waals surface area contributed by atoms with Crippen molar-refractivity contribution in [2.24, 2.45) is 11.3 Å². The lowest BCUT2D eigenvalue weighted by Gasteiger charge is -2.27. The van der Waals surface area contributed by atoms with E-state index in [1.54, 1.807) is 0 Å². The lowest BCUT2D eigenvalue weighted by molar-refractivity contribution is -0.138. The Labute approximate surface area is 116 Å². The minimum atomic E-state index is -0.493. The van der Waals surface area contributed by atoms with Crippen molar-refractivity contribution in [2.75, 3.05) is 0 Å². The quantitative estimate of drug-likeness (QED) is 0.698. The highest BCUT2D eigenvalue weighted by atomic mass is 16.2. The van der Waals surface area contributed by atoms with E-state index >= 15 is 0 Å². The van der Waals surface area contributed by atoms with Crippen LogP contribution in [-0.2, 0) is 16.0 Å². The Bertz CT molecular complexity index is 432. The zero-order valence-corrected chi connectivity index (χ0v) is 12.4. The molecule has 0 aliphatic heterocycles. The summed E-state index contributed by atoms with van der Waals surface area (Å²) in [7, 11) is 0. The van der Waals surface area contributed by atoms with Gasteiger partial charge in [0.1, 0.15) is 11.6 Å². The summed E-state index contributed by atoms with van der Waals surface area (Å²) in [4.78, 5) is 24.4. The maximum absolute atomic E-state index is 12.6. The normalized spacial score (nSPS) is 13.1. The Morgan fingerprint density at radius 3 is 2.16 bits per heavy atom. The molecule has 0 fully saturated rings. The topological polar surface area (TPSA) is 34.1 Å². The molecular formula is C17H24O2. The molecule has 1 aromatic rings. The molecule has 0 aromatic heterocycles. The fraction of sp³-hybridized carbons (Fsp3) is 0.529. The number of rotatable bonds is 7. The molecular weight excluding hydrogens is 236 g/mol. The first kappa shape index (κ1) is 15.6. The average Bonchev–Trinajstić information content (AvgIpc) is 2.39. The van der Waals surface area contributed by atoms with Crippen LogP contribution in [0.1, 0.15) is 46.1 Å². The zero-order chi connectivity index (χ0) is 14.5. The SMILES string of the molecule is CCC(=O)C(CC)C(=O)C(C)(C)Cc1ccccc1. The summed E-state index contributed by atoms with van der Waals surface area (Å²) in [5.74, 6) is -0.303. The van der Waals surface area contributed by atoms with Crippen molar-refractivity contribution in [3.05, 3.63) is 35.9 Å². The van der Waals surface area contributed by atoms with Crippen molar-refractivity contribution in [3.8, 4) is 0 Å². The van der Waals surface area contributed by atoms with Gasteiger partial charge in [-0.3, -0.25) is 9.59 Å². The molecule has 1 unspecified atom stereocenters. The number of carbonyl (C=O) groups excluding carboxylic acids is 2. The van der Waals surface area contributed by atoms with Gasteiger partial charge in [-0.25, -0.2) is 0 Å². The highest BCUT2D eigenvalue weighted by Crippen LogP contribution is 2.28. The number of carbonyl (C=O) groups is 2. The Kier molecular flexibility index (Phi) is 5.46. The van der Waals surface area contributed by atoms with Crippen molar-refractivity contribution < 1.29 is 9.59 Å². The van der Waals surface area contributed by atoms with E-state index in [-0.39, 0.29) is 11.6 Å². The van der Waals surface area contributed by atoms with E-state index in [2.05, 4.69) is 0 Å². The highest BCUT2D eigenvalue weighted by Gasteiger charge is 2.35. The van der Waals surface area contributed by atoms with Crippen LogP contribution in [-0.4, -0.2) is 11.6 Å². The van der Waals surface area contributed by atoms with Crippen LogP contribution in [0.25, 0.3) is 0 Å². The van der Waals surface area contributed by atoms with E-state index in [9.17, 15) is 9.59 Å². The molecule has 0 saturated carbocycles. The number of benzene rings is 1. The van der Waals surface area contributed by atoms with Crippen LogP contribution in [0.15, 0.2) is 30.3 Å². The van der Waals surface area contributed by atoms with E-state index in [0.717, 1.165) is 5.56 Å². The third-order valence-electron chi connectivity index (χ3n) is 3.62. The predicted molar refractivity (Wildman–Crippen MR) is 78.0 cm³/mol. The van der Waals surface area contributed by atoms with E-state index in [1.807, 2.05) is 58.0 Å². The van der Waals surface area contributed by atoms with Crippen LogP contribution in [0.4, 0.5) is 0 Å². The summed E-state index contributed by atoms with van der Waals surface area (Å²) in [5, 5.41) is 0. The minimum absolute atomic E-state index is 0.0636. The standard InChI is InChI=1S/C17H24O2/c1-5-14(15(18)6-2)16(19)17(3,4)12-13-10-8-7-9-11-13/h7-11,14H,5-6,12H2,1-4H3. The summed E-state index contributed by atoms with van der Waals surface area (Å²) in [5.41, 5.74) is 0.645.